The molecular formula is C18H27N11. The van der Waals surface area contributed by atoms with Gasteiger partial charge in [-0.3, -0.25) is 4.40 Å². The maximum absolute atomic E-state index is 4.80. The lowest BCUT2D eigenvalue weighted by Gasteiger charge is -2.41. The zero-order chi connectivity index (χ0) is 20.4. The summed E-state index contributed by atoms with van der Waals surface area (Å²) in [4.78, 5) is 13.9. The molecule has 1 atom stereocenters. The summed E-state index contributed by atoms with van der Waals surface area (Å²) in [6.45, 7) is 10.0. The highest BCUT2D eigenvalue weighted by atomic mass is 15.4. The van der Waals surface area contributed by atoms with Gasteiger partial charge in [-0.1, -0.05) is 0 Å². The van der Waals surface area contributed by atoms with E-state index in [2.05, 4.69) is 54.3 Å². The molecule has 1 aliphatic rings. The van der Waals surface area contributed by atoms with Gasteiger partial charge in [0, 0.05) is 51.7 Å². The summed E-state index contributed by atoms with van der Waals surface area (Å²) in [5.41, 5.74) is 0.783. The fourth-order valence-corrected chi connectivity index (χ4v) is 3.57. The van der Waals surface area contributed by atoms with Gasteiger partial charge in [0.2, 0.25) is 5.65 Å². The van der Waals surface area contributed by atoms with E-state index in [1.54, 1.807) is 12.5 Å². The summed E-state index contributed by atoms with van der Waals surface area (Å²) in [6.07, 6.45) is 5.36. The van der Waals surface area contributed by atoms with Crippen LogP contribution in [-0.2, 0) is 13.6 Å². The summed E-state index contributed by atoms with van der Waals surface area (Å²) >= 11 is 0. The molecule has 1 saturated heterocycles. The summed E-state index contributed by atoms with van der Waals surface area (Å²) in [7, 11) is 1.96. The lowest BCUT2D eigenvalue weighted by Crippen LogP contribution is -2.56. The van der Waals surface area contributed by atoms with Crippen LogP contribution in [0, 0.1) is 6.92 Å². The highest BCUT2D eigenvalue weighted by Gasteiger charge is 2.28. The Kier molecular flexibility index (Phi) is 5.28. The fourth-order valence-electron chi connectivity index (χ4n) is 3.57. The summed E-state index contributed by atoms with van der Waals surface area (Å²) in [6, 6.07) is 0.250. The van der Waals surface area contributed by atoms with Crippen LogP contribution in [0.25, 0.3) is 5.65 Å². The maximum atomic E-state index is 4.80. The third-order valence-electron chi connectivity index (χ3n) is 5.28. The number of aryl methyl sites for hydroxylation is 1. The van der Waals surface area contributed by atoms with Gasteiger partial charge in [-0.2, -0.15) is 0 Å². The Hall–Kier alpha value is -3.24. The molecule has 1 fully saturated rings. The van der Waals surface area contributed by atoms with Crippen LogP contribution in [0.2, 0.25) is 0 Å². The molecule has 4 rings (SSSR count). The van der Waals surface area contributed by atoms with Crippen LogP contribution in [0.5, 0.6) is 0 Å². The van der Waals surface area contributed by atoms with Gasteiger partial charge in [0.05, 0.1) is 0 Å². The highest BCUT2D eigenvalue weighted by molar-refractivity contribution is 5.80. The molecule has 0 aliphatic carbocycles. The second-order valence-corrected chi connectivity index (χ2v) is 7.19. The molecule has 0 saturated carbocycles. The first-order valence-electron chi connectivity index (χ1n) is 9.87. The number of nitrogens with zero attached hydrogens (tertiary/aromatic N) is 10. The number of aromatic nitrogens is 7. The molecule has 1 unspecified atom stereocenters. The van der Waals surface area contributed by atoms with Gasteiger partial charge >= 0.3 is 0 Å². The van der Waals surface area contributed by atoms with Crippen LogP contribution in [0.3, 0.4) is 0 Å². The van der Waals surface area contributed by atoms with E-state index in [-0.39, 0.29) is 6.04 Å². The lowest BCUT2D eigenvalue weighted by molar-refractivity contribution is 0.326. The van der Waals surface area contributed by atoms with Crippen molar-refractivity contribution >= 4 is 17.4 Å². The predicted molar refractivity (Wildman–Crippen MR) is 110 cm³/mol. The minimum Gasteiger partial charge on any atom is -0.357 e. The number of rotatable bonds is 4. The van der Waals surface area contributed by atoms with Gasteiger partial charge in [-0.25, -0.2) is 9.98 Å². The Bertz CT molecular complexity index is 1000. The Balaban J connectivity index is 1.50. The first-order valence-corrected chi connectivity index (χ1v) is 9.87. The molecular weight excluding hydrogens is 370 g/mol. The molecule has 0 aromatic carbocycles. The lowest BCUT2D eigenvalue weighted by atomic mass is 10.2. The number of nitrogens with one attached hydrogen (secondary N) is 1. The van der Waals surface area contributed by atoms with E-state index in [0.717, 1.165) is 55.3 Å². The number of hydrogen-bond donors (Lipinski definition) is 1. The Morgan fingerprint density at radius 3 is 2.86 bits per heavy atom. The second-order valence-electron chi connectivity index (χ2n) is 7.19. The van der Waals surface area contributed by atoms with E-state index in [1.165, 1.54) is 0 Å². The van der Waals surface area contributed by atoms with Crippen molar-refractivity contribution < 1.29 is 0 Å². The normalized spacial score (nSPS) is 17.9. The van der Waals surface area contributed by atoms with Crippen molar-refractivity contribution in [2.24, 2.45) is 12.0 Å². The quantitative estimate of drug-likeness (QED) is 0.493. The predicted octanol–water partition coefficient (Wildman–Crippen LogP) is 0.237. The number of anilines is 1. The molecule has 154 valence electrons. The fraction of sp³-hybridized carbons (Fsp3) is 0.556. The summed E-state index contributed by atoms with van der Waals surface area (Å²) in [5.74, 6) is 3.51. The van der Waals surface area contributed by atoms with Crippen LogP contribution in [-0.4, -0.2) is 77.4 Å². The van der Waals surface area contributed by atoms with Gasteiger partial charge in [-0.15, -0.1) is 20.4 Å². The summed E-state index contributed by atoms with van der Waals surface area (Å²) in [5, 5.41) is 20.0. The Morgan fingerprint density at radius 1 is 1.28 bits per heavy atom. The molecule has 3 aromatic rings. The molecule has 1 N–H and O–H groups in total. The van der Waals surface area contributed by atoms with Crippen molar-refractivity contribution in [1.29, 1.82) is 0 Å². The Labute approximate surface area is 169 Å². The Morgan fingerprint density at radius 2 is 2.14 bits per heavy atom. The molecule has 4 heterocycles. The minimum atomic E-state index is 0.250. The molecule has 11 nitrogen and oxygen atoms in total. The van der Waals surface area contributed by atoms with E-state index in [4.69, 9.17) is 4.99 Å². The minimum absolute atomic E-state index is 0.250. The zero-order valence-corrected chi connectivity index (χ0v) is 17.3. The van der Waals surface area contributed by atoms with Gasteiger partial charge in [0.25, 0.3) is 0 Å². The molecule has 29 heavy (non-hydrogen) atoms. The van der Waals surface area contributed by atoms with Crippen molar-refractivity contribution in [2.45, 2.75) is 33.4 Å². The van der Waals surface area contributed by atoms with E-state index in [9.17, 15) is 0 Å². The van der Waals surface area contributed by atoms with Crippen LogP contribution in [0.4, 0.5) is 5.82 Å². The largest absolute Gasteiger partial charge is 0.357 e. The topological polar surface area (TPSA) is 105 Å². The van der Waals surface area contributed by atoms with Gasteiger partial charge in [-0.05, 0) is 20.8 Å². The number of guanidine groups is 1. The van der Waals surface area contributed by atoms with Gasteiger partial charge in [0.15, 0.2) is 17.6 Å². The summed E-state index contributed by atoms with van der Waals surface area (Å²) < 4.78 is 3.87. The first-order chi connectivity index (χ1) is 14.1. The SMILES string of the molecule is CCNC(=NCc1nnc(C)n1C)N1CCN(c2nccn3cnnc23)C(C)C1. The molecule has 1 aliphatic heterocycles. The second kappa shape index (κ2) is 8.02. The van der Waals surface area contributed by atoms with Crippen LogP contribution >= 0.6 is 0 Å². The molecule has 0 radical (unpaired) electrons. The third kappa shape index (κ3) is 3.71. The van der Waals surface area contributed by atoms with E-state index in [1.807, 2.05) is 29.1 Å². The smallest absolute Gasteiger partial charge is 0.203 e. The van der Waals surface area contributed by atoms with Gasteiger partial charge in [0.1, 0.15) is 18.7 Å². The van der Waals surface area contributed by atoms with Crippen LogP contribution in [0.15, 0.2) is 23.7 Å². The highest BCUT2D eigenvalue weighted by Crippen LogP contribution is 2.21. The van der Waals surface area contributed by atoms with E-state index in [0.29, 0.717) is 6.54 Å². The van der Waals surface area contributed by atoms with E-state index < -0.39 is 0 Å². The van der Waals surface area contributed by atoms with Crippen molar-refractivity contribution in [3.05, 3.63) is 30.4 Å². The molecule has 0 bridgehead atoms. The van der Waals surface area contributed by atoms with Crippen molar-refractivity contribution in [2.75, 3.05) is 31.1 Å². The van der Waals surface area contributed by atoms with Crippen molar-refractivity contribution in [3.63, 3.8) is 0 Å². The van der Waals surface area contributed by atoms with Crippen LogP contribution < -0.4 is 10.2 Å². The molecule has 0 amide bonds. The molecule has 11 heteroatoms. The number of piperazine rings is 1. The zero-order valence-electron chi connectivity index (χ0n) is 17.3. The van der Waals surface area contributed by atoms with Crippen molar-refractivity contribution in [1.82, 2.24) is 44.6 Å². The van der Waals surface area contributed by atoms with E-state index >= 15 is 0 Å². The maximum Gasteiger partial charge on any atom is 0.203 e. The first kappa shape index (κ1) is 19.1. The number of fused-ring (bicyclic) bond motifs is 1. The average Bonchev–Trinajstić information content (AvgIpc) is 3.32. The van der Waals surface area contributed by atoms with Crippen LogP contribution in [0.1, 0.15) is 25.5 Å². The monoisotopic (exact) mass is 397 g/mol. The molecule has 0 spiro atoms. The molecule has 3 aromatic heterocycles. The standard InChI is InChI=1S/C18H27N11/c1-5-19-18(21-10-15-24-23-14(3)26(15)4)27-8-9-29(13(2)11-27)16-17-25-22-12-28(17)7-6-20-16/h6-7,12-13H,5,8-11H2,1-4H3,(H,19,21). The average molecular weight is 397 g/mol. The van der Waals surface area contributed by atoms with Gasteiger partial charge < -0.3 is 19.7 Å². The third-order valence-corrected chi connectivity index (χ3v) is 5.28. The van der Waals surface area contributed by atoms with Crippen molar-refractivity contribution in [3.8, 4) is 0 Å². The number of hydrogen-bond acceptors (Lipinski definition) is 7. The number of aliphatic imine (C=N–C) groups is 1.